The molecule has 4 rings (SSSR count). The molecule has 0 saturated heterocycles. The molecular formula is C34H34Cl2N4O6. The zero-order valence-corrected chi connectivity index (χ0v) is 27.4. The summed E-state index contributed by atoms with van der Waals surface area (Å²) in [6, 6.07) is 17.4. The molecule has 3 amide bonds. The predicted octanol–water partition coefficient (Wildman–Crippen LogP) is 5.61. The Balaban J connectivity index is 1.42. The number of carbonyl (C=O) groups is 3. The van der Waals surface area contributed by atoms with E-state index in [0.29, 0.717) is 52.1 Å². The molecule has 3 aromatic carbocycles. The van der Waals surface area contributed by atoms with Crippen LogP contribution in [0.1, 0.15) is 27.2 Å². The van der Waals surface area contributed by atoms with E-state index >= 15 is 0 Å². The second-order valence-corrected chi connectivity index (χ2v) is 10.9. The number of ether oxygens (including phenoxy) is 3. The molecule has 0 aliphatic rings. The normalized spacial score (nSPS) is 11.0. The Morgan fingerprint density at radius 2 is 1.74 bits per heavy atom. The minimum absolute atomic E-state index is 0.00770. The van der Waals surface area contributed by atoms with Gasteiger partial charge in [0.05, 0.1) is 23.9 Å². The number of methoxy groups -OCH3 is 1. The Kier molecular flexibility index (Phi) is 12.0. The number of anilines is 1. The van der Waals surface area contributed by atoms with Gasteiger partial charge in [0.15, 0.2) is 0 Å². The minimum Gasteiger partial charge on any atom is -0.490 e. The molecule has 1 heterocycles. The van der Waals surface area contributed by atoms with Gasteiger partial charge in [0, 0.05) is 60.6 Å². The maximum atomic E-state index is 13.0. The van der Waals surface area contributed by atoms with Gasteiger partial charge < -0.3 is 29.7 Å². The molecule has 0 bridgehead atoms. The first-order valence-electron chi connectivity index (χ1n) is 14.3. The highest BCUT2D eigenvalue weighted by atomic mass is 35.5. The van der Waals surface area contributed by atoms with Gasteiger partial charge in [-0.25, -0.2) is 4.98 Å². The number of aromatic nitrogens is 1. The summed E-state index contributed by atoms with van der Waals surface area (Å²) >= 11 is 13.3. The first-order chi connectivity index (χ1) is 22.1. The van der Waals surface area contributed by atoms with E-state index in [4.69, 9.17) is 37.4 Å². The van der Waals surface area contributed by atoms with Gasteiger partial charge >= 0.3 is 0 Å². The van der Waals surface area contributed by atoms with E-state index in [9.17, 15) is 14.4 Å². The van der Waals surface area contributed by atoms with E-state index in [0.717, 1.165) is 16.6 Å². The van der Waals surface area contributed by atoms with Gasteiger partial charge in [0.1, 0.15) is 30.2 Å². The number of nitrogens with zero attached hydrogens (tertiary/aromatic N) is 2. The Hall–Kier alpha value is -4.64. The summed E-state index contributed by atoms with van der Waals surface area (Å²) in [5, 5.41) is 6.51. The van der Waals surface area contributed by atoms with Gasteiger partial charge in [-0.1, -0.05) is 41.4 Å². The lowest BCUT2D eigenvalue weighted by molar-refractivity contribution is -0.122. The van der Waals surface area contributed by atoms with E-state index in [2.05, 4.69) is 15.6 Å². The third kappa shape index (κ3) is 8.54. The number of carbonyl (C=O) groups excluding carboxylic acids is 3. The third-order valence-corrected chi connectivity index (χ3v) is 7.73. The number of amides is 3. The van der Waals surface area contributed by atoms with Gasteiger partial charge in [-0.05, 0) is 55.0 Å². The standard InChI is InChI=1S/C34H34Cl2N4O6/c1-21-18-29(45-17-16-44-4)24-6-5-7-28(33(24)39-21)46-20-25-26(35)13-14-27(32(25)36)40(3)31(42)19-38-30(41)15-10-22-8-11-23(12-9-22)34(43)37-2/h5-15,18H,16-17,19-20H2,1-4H3,(H,37,43)(H,38,41). The van der Waals surface area contributed by atoms with Gasteiger partial charge in [-0.2, -0.15) is 0 Å². The van der Waals surface area contributed by atoms with Crippen molar-refractivity contribution in [2.24, 2.45) is 0 Å². The second-order valence-electron chi connectivity index (χ2n) is 10.1. The van der Waals surface area contributed by atoms with Gasteiger partial charge in [-0.3, -0.25) is 14.4 Å². The van der Waals surface area contributed by atoms with E-state index in [1.807, 2.05) is 25.1 Å². The Morgan fingerprint density at radius 1 is 0.978 bits per heavy atom. The fourth-order valence-electron chi connectivity index (χ4n) is 4.45. The number of nitrogens with one attached hydrogen (secondary N) is 2. The monoisotopic (exact) mass is 664 g/mol. The molecule has 4 aromatic rings. The van der Waals surface area contributed by atoms with Crippen LogP contribution in [-0.2, 0) is 20.9 Å². The van der Waals surface area contributed by atoms with Crippen LogP contribution in [-0.4, -0.2) is 63.7 Å². The molecule has 0 radical (unpaired) electrons. The van der Waals surface area contributed by atoms with Crippen LogP contribution in [0.2, 0.25) is 10.0 Å². The number of likely N-dealkylation sites (N-methyl/N-ethyl adjacent to an activating group) is 1. The van der Waals surface area contributed by atoms with Crippen LogP contribution in [0.25, 0.3) is 17.0 Å². The number of halogens is 2. The van der Waals surface area contributed by atoms with E-state index in [1.165, 1.54) is 11.0 Å². The second kappa shape index (κ2) is 16.1. The van der Waals surface area contributed by atoms with Crippen LogP contribution in [0.5, 0.6) is 11.5 Å². The van der Waals surface area contributed by atoms with Crippen molar-refractivity contribution >= 4 is 63.6 Å². The van der Waals surface area contributed by atoms with Crippen molar-refractivity contribution in [2.75, 3.05) is 45.9 Å². The van der Waals surface area contributed by atoms with Crippen molar-refractivity contribution in [1.82, 2.24) is 15.6 Å². The minimum atomic E-state index is -0.459. The number of fused-ring (bicyclic) bond motifs is 1. The van der Waals surface area contributed by atoms with Crippen molar-refractivity contribution < 1.29 is 28.6 Å². The first-order valence-corrected chi connectivity index (χ1v) is 15.0. The van der Waals surface area contributed by atoms with Crippen molar-refractivity contribution in [3.8, 4) is 11.5 Å². The summed E-state index contributed by atoms with van der Waals surface area (Å²) in [5.74, 6) is 0.120. The van der Waals surface area contributed by atoms with Crippen molar-refractivity contribution in [3.63, 3.8) is 0 Å². The van der Waals surface area contributed by atoms with Crippen LogP contribution in [0.3, 0.4) is 0 Å². The average Bonchev–Trinajstić information content (AvgIpc) is 3.06. The number of hydrogen-bond donors (Lipinski definition) is 2. The number of rotatable bonds is 13. The molecule has 240 valence electrons. The maximum absolute atomic E-state index is 13.0. The van der Waals surface area contributed by atoms with E-state index in [-0.39, 0.29) is 24.1 Å². The number of aryl methyl sites for hydroxylation is 1. The fraction of sp³-hybridized carbons (Fsp3) is 0.235. The number of benzene rings is 3. The van der Waals surface area contributed by atoms with Crippen LogP contribution in [0.4, 0.5) is 5.69 Å². The summed E-state index contributed by atoms with van der Waals surface area (Å²) in [6.45, 7) is 2.45. The molecule has 0 aliphatic carbocycles. The van der Waals surface area contributed by atoms with Gasteiger partial charge in [0.2, 0.25) is 11.8 Å². The summed E-state index contributed by atoms with van der Waals surface area (Å²) in [7, 11) is 4.72. The summed E-state index contributed by atoms with van der Waals surface area (Å²) < 4.78 is 17.2. The molecule has 0 spiro atoms. The highest BCUT2D eigenvalue weighted by Gasteiger charge is 2.20. The van der Waals surface area contributed by atoms with Crippen LogP contribution in [0, 0.1) is 6.92 Å². The SMILES string of the molecule is CNC(=O)c1ccc(C=CC(=O)NCC(=O)N(C)c2ccc(Cl)c(COc3cccc4c(OCCOC)cc(C)nc34)c2Cl)cc1. The largest absolute Gasteiger partial charge is 0.490 e. The highest BCUT2D eigenvalue weighted by Crippen LogP contribution is 2.36. The molecule has 0 unspecified atom stereocenters. The van der Waals surface area contributed by atoms with E-state index < -0.39 is 11.8 Å². The third-order valence-electron chi connectivity index (χ3n) is 6.95. The Bertz CT molecular complexity index is 1760. The molecular weight excluding hydrogens is 631 g/mol. The molecule has 0 saturated carbocycles. The molecule has 0 aliphatic heterocycles. The molecule has 0 atom stereocenters. The van der Waals surface area contributed by atoms with E-state index in [1.54, 1.807) is 69.7 Å². The van der Waals surface area contributed by atoms with Gasteiger partial charge in [0.25, 0.3) is 5.91 Å². The van der Waals surface area contributed by atoms with Crippen LogP contribution in [0.15, 0.2) is 66.7 Å². The predicted molar refractivity (Wildman–Crippen MR) is 180 cm³/mol. The summed E-state index contributed by atoms with van der Waals surface area (Å²) in [5.41, 5.74) is 3.49. The lowest BCUT2D eigenvalue weighted by Crippen LogP contribution is -2.37. The summed E-state index contributed by atoms with van der Waals surface area (Å²) in [6.07, 6.45) is 2.90. The first kappa shape index (κ1) is 34.2. The van der Waals surface area contributed by atoms with Gasteiger partial charge in [-0.15, -0.1) is 0 Å². The molecule has 10 nitrogen and oxygen atoms in total. The molecule has 0 fully saturated rings. The fourth-order valence-corrected chi connectivity index (χ4v) is 5.05. The highest BCUT2D eigenvalue weighted by molar-refractivity contribution is 6.38. The zero-order valence-electron chi connectivity index (χ0n) is 25.9. The Labute approximate surface area is 277 Å². The quantitative estimate of drug-likeness (QED) is 0.141. The number of pyridine rings is 1. The van der Waals surface area contributed by atoms with Crippen molar-refractivity contribution in [3.05, 3.63) is 99.2 Å². The zero-order chi connectivity index (χ0) is 33.2. The van der Waals surface area contributed by atoms with Crippen LogP contribution < -0.4 is 25.0 Å². The Morgan fingerprint density at radius 3 is 2.46 bits per heavy atom. The lowest BCUT2D eigenvalue weighted by Gasteiger charge is -2.21. The van der Waals surface area contributed by atoms with Crippen molar-refractivity contribution in [2.45, 2.75) is 13.5 Å². The number of para-hydroxylation sites is 1. The smallest absolute Gasteiger partial charge is 0.251 e. The number of hydrogen-bond acceptors (Lipinski definition) is 7. The maximum Gasteiger partial charge on any atom is 0.251 e. The van der Waals surface area contributed by atoms with Crippen molar-refractivity contribution in [1.29, 1.82) is 0 Å². The van der Waals surface area contributed by atoms with Crippen LogP contribution >= 0.6 is 23.2 Å². The molecule has 2 N–H and O–H groups in total. The molecule has 46 heavy (non-hydrogen) atoms. The molecule has 1 aromatic heterocycles. The average molecular weight is 666 g/mol. The lowest BCUT2D eigenvalue weighted by atomic mass is 10.1. The molecule has 12 heteroatoms. The topological polar surface area (TPSA) is 119 Å². The summed E-state index contributed by atoms with van der Waals surface area (Å²) in [4.78, 5) is 43.0.